The summed E-state index contributed by atoms with van der Waals surface area (Å²) in [6.07, 6.45) is 7.57. The first-order valence-electron chi connectivity index (χ1n) is 11.7. The number of nitrogens with zero attached hydrogens (tertiary/aromatic N) is 6. The molecule has 4 aliphatic heterocycles. The van der Waals surface area contributed by atoms with Crippen LogP contribution in [0.15, 0.2) is 41.5 Å². The third kappa shape index (κ3) is 3.72. The minimum Gasteiger partial charge on any atom is -0.381 e. The number of pyridine rings is 1. The Morgan fingerprint density at radius 1 is 1.21 bits per heavy atom. The van der Waals surface area contributed by atoms with Crippen LogP contribution in [0.3, 0.4) is 0 Å². The molecule has 2 aromatic rings. The number of hydrogen-bond donors (Lipinski definition) is 2. The second kappa shape index (κ2) is 8.35. The maximum atomic E-state index is 13.0. The van der Waals surface area contributed by atoms with E-state index in [1.807, 2.05) is 24.5 Å². The van der Waals surface area contributed by atoms with Gasteiger partial charge >= 0.3 is 6.03 Å². The van der Waals surface area contributed by atoms with E-state index in [1.54, 1.807) is 11.1 Å². The first-order chi connectivity index (χ1) is 16.2. The van der Waals surface area contributed by atoms with E-state index in [9.17, 15) is 4.79 Å². The number of hydrogen-bond acceptors (Lipinski definition) is 8. The Labute approximate surface area is 192 Å². The minimum atomic E-state index is -0.106. The van der Waals surface area contributed by atoms with E-state index in [-0.39, 0.29) is 23.8 Å². The summed E-state index contributed by atoms with van der Waals surface area (Å²) in [5, 5.41) is 7.48. The molecular formula is C23H28N8O2. The van der Waals surface area contributed by atoms with Gasteiger partial charge in [0.05, 0.1) is 0 Å². The molecule has 0 aromatic carbocycles. The van der Waals surface area contributed by atoms with Crippen molar-refractivity contribution in [3.63, 3.8) is 0 Å². The Kier molecular flexibility index (Phi) is 5.18. The zero-order chi connectivity index (χ0) is 22.4. The first-order valence-corrected chi connectivity index (χ1v) is 11.7. The van der Waals surface area contributed by atoms with Crippen molar-refractivity contribution in [3.8, 4) is 0 Å². The van der Waals surface area contributed by atoms with Crippen molar-refractivity contribution >= 4 is 22.9 Å². The summed E-state index contributed by atoms with van der Waals surface area (Å²) in [5.41, 5.74) is 0.708. The second-order valence-corrected chi connectivity index (χ2v) is 9.20. The van der Waals surface area contributed by atoms with Gasteiger partial charge in [0.25, 0.3) is 0 Å². The van der Waals surface area contributed by atoms with Crippen LogP contribution in [0, 0.1) is 11.8 Å². The molecule has 2 saturated heterocycles. The average Bonchev–Trinajstić information content (AvgIpc) is 3.52. The van der Waals surface area contributed by atoms with Gasteiger partial charge in [-0.15, -0.1) is 0 Å². The van der Waals surface area contributed by atoms with Crippen molar-refractivity contribution in [1.29, 1.82) is 0 Å². The van der Waals surface area contributed by atoms with Gasteiger partial charge in [0.15, 0.2) is 11.5 Å². The highest BCUT2D eigenvalue weighted by atomic mass is 16.5. The topological polar surface area (TPSA) is 108 Å². The molecule has 6 rings (SSSR count). The number of carbonyl (C=O) groups excluding carboxylic acids is 1. The highest BCUT2D eigenvalue weighted by molar-refractivity contribution is 6.02. The van der Waals surface area contributed by atoms with Crippen LogP contribution in [0.4, 0.5) is 4.79 Å². The van der Waals surface area contributed by atoms with Crippen LogP contribution in [0.25, 0.3) is 11.0 Å². The quantitative estimate of drug-likeness (QED) is 0.732. The Balaban J connectivity index is 1.25. The van der Waals surface area contributed by atoms with E-state index in [2.05, 4.69) is 32.4 Å². The number of carbonyl (C=O) groups is 1. The number of amides is 2. The molecule has 2 amide bonds. The zero-order valence-electron chi connectivity index (χ0n) is 18.6. The largest absolute Gasteiger partial charge is 0.381 e. The van der Waals surface area contributed by atoms with E-state index >= 15 is 0 Å². The Hall–Kier alpha value is -3.11. The molecule has 2 N–H and O–H groups in total. The van der Waals surface area contributed by atoms with Gasteiger partial charge in [0.1, 0.15) is 18.3 Å². The van der Waals surface area contributed by atoms with Gasteiger partial charge in [-0.1, -0.05) is 6.92 Å². The molecule has 33 heavy (non-hydrogen) atoms. The Morgan fingerprint density at radius 3 is 2.97 bits per heavy atom. The third-order valence-corrected chi connectivity index (χ3v) is 7.27. The number of nitrogens with one attached hydrogen (secondary N) is 2. The highest BCUT2D eigenvalue weighted by Crippen LogP contribution is 2.34. The summed E-state index contributed by atoms with van der Waals surface area (Å²) in [7, 11) is 0. The van der Waals surface area contributed by atoms with Crippen molar-refractivity contribution in [2.45, 2.75) is 31.7 Å². The highest BCUT2D eigenvalue weighted by Gasteiger charge is 2.41. The van der Waals surface area contributed by atoms with Crippen molar-refractivity contribution in [1.82, 2.24) is 35.4 Å². The lowest BCUT2D eigenvalue weighted by molar-refractivity contribution is 0.0459. The van der Waals surface area contributed by atoms with Crippen LogP contribution in [-0.4, -0.2) is 75.6 Å². The number of amidine groups is 1. The molecule has 6 heterocycles. The molecule has 0 spiro atoms. The molecule has 3 unspecified atom stereocenters. The molecule has 0 bridgehead atoms. The van der Waals surface area contributed by atoms with Gasteiger partial charge in [0.2, 0.25) is 0 Å². The van der Waals surface area contributed by atoms with Gasteiger partial charge in [-0.05, 0) is 37.4 Å². The summed E-state index contributed by atoms with van der Waals surface area (Å²) in [5.74, 6) is 2.61. The predicted molar refractivity (Wildman–Crippen MR) is 122 cm³/mol. The molecule has 0 saturated carbocycles. The van der Waals surface area contributed by atoms with Gasteiger partial charge < -0.3 is 15.0 Å². The van der Waals surface area contributed by atoms with Crippen molar-refractivity contribution in [2.24, 2.45) is 16.8 Å². The van der Waals surface area contributed by atoms with Gasteiger partial charge in [-0.2, -0.15) is 0 Å². The van der Waals surface area contributed by atoms with Crippen LogP contribution in [0.5, 0.6) is 0 Å². The molecule has 0 aliphatic carbocycles. The summed E-state index contributed by atoms with van der Waals surface area (Å²) >= 11 is 0. The molecule has 2 fully saturated rings. The van der Waals surface area contributed by atoms with Crippen LogP contribution < -0.4 is 10.6 Å². The van der Waals surface area contributed by atoms with Crippen molar-refractivity contribution in [2.75, 3.05) is 33.0 Å². The zero-order valence-corrected chi connectivity index (χ0v) is 18.6. The van der Waals surface area contributed by atoms with Gasteiger partial charge in [-0.25, -0.2) is 24.7 Å². The van der Waals surface area contributed by atoms with E-state index in [0.717, 1.165) is 62.0 Å². The van der Waals surface area contributed by atoms with E-state index in [1.165, 1.54) is 0 Å². The number of rotatable bonds is 4. The fraction of sp³-hybridized carbons (Fsp3) is 0.522. The molecule has 2 aromatic heterocycles. The smallest absolute Gasteiger partial charge is 0.329 e. The molecular weight excluding hydrogens is 420 g/mol. The predicted octanol–water partition coefficient (Wildman–Crippen LogP) is 1.64. The van der Waals surface area contributed by atoms with E-state index in [4.69, 9.17) is 14.7 Å². The fourth-order valence-corrected chi connectivity index (χ4v) is 5.31. The fourth-order valence-electron chi connectivity index (χ4n) is 5.31. The van der Waals surface area contributed by atoms with Crippen LogP contribution in [-0.2, 0) is 4.74 Å². The van der Waals surface area contributed by atoms with Crippen LogP contribution in [0.1, 0.15) is 31.5 Å². The van der Waals surface area contributed by atoms with Crippen LogP contribution >= 0.6 is 0 Å². The van der Waals surface area contributed by atoms with Crippen LogP contribution in [0.2, 0.25) is 0 Å². The SMILES string of the molecule is CC(c1ncc2cccnc2n1)C1CNCC1C1=NC2=CN(C3CCOCC3)CN2C(=O)N1. The maximum Gasteiger partial charge on any atom is 0.329 e. The summed E-state index contributed by atoms with van der Waals surface area (Å²) in [6.45, 7) is 5.81. The third-order valence-electron chi connectivity index (χ3n) is 7.27. The minimum absolute atomic E-state index is 0.0761. The maximum absolute atomic E-state index is 13.0. The molecule has 10 heteroatoms. The van der Waals surface area contributed by atoms with Gasteiger partial charge in [0, 0.05) is 61.6 Å². The molecule has 10 nitrogen and oxygen atoms in total. The number of urea groups is 1. The molecule has 172 valence electrons. The normalized spacial score (nSPS) is 26.8. The molecule has 4 aliphatic rings. The lowest BCUT2D eigenvalue weighted by Gasteiger charge is -2.33. The molecule has 3 atom stereocenters. The number of ether oxygens (including phenoxy) is 1. The van der Waals surface area contributed by atoms with E-state index < -0.39 is 0 Å². The number of aromatic nitrogens is 3. The monoisotopic (exact) mass is 448 g/mol. The van der Waals surface area contributed by atoms with E-state index in [0.29, 0.717) is 18.4 Å². The summed E-state index contributed by atoms with van der Waals surface area (Å²) in [4.78, 5) is 35.5. The molecule has 0 radical (unpaired) electrons. The lowest BCUT2D eigenvalue weighted by atomic mass is 9.83. The standard InChI is InChI=1S/C23H28N8O2/c1-14(20-26-9-15-3-2-6-25-21(15)28-20)17-10-24-11-18(17)22-27-19-12-30(13-31(19)23(32)29-22)16-4-7-33-8-5-16/h2-3,6,9,12,14,16-18,24H,4-5,7-8,10-11,13H2,1H3,(H,27,29,32). The number of aliphatic imine (C=N–C) groups is 1. The Bertz CT molecular complexity index is 1130. The summed E-state index contributed by atoms with van der Waals surface area (Å²) in [6, 6.07) is 4.14. The number of fused-ring (bicyclic) bond motifs is 2. The average molecular weight is 449 g/mol. The first kappa shape index (κ1) is 20.5. The van der Waals surface area contributed by atoms with Crippen molar-refractivity contribution < 1.29 is 9.53 Å². The Morgan fingerprint density at radius 2 is 2.09 bits per heavy atom. The second-order valence-electron chi connectivity index (χ2n) is 9.20. The lowest BCUT2D eigenvalue weighted by Crippen LogP contribution is -2.50. The van der Waals surface area contributed by atoms with Gasteiger partial charge in [-0.3, -0.25) is 10.2 Å². The summed E-state index contributed by atoms with van der Waals surface area (Å²) < 4.78 is 5.49. The van der Waals surface area contributed by atoms with Crippen molar-refractivity contribution in [3.05, 3.63) is 42.4 Å².